The number of hydrogen-bond acceptors (Lipinski definition) is 4. The summed E-state index contributed by atoms with van der Waals surface area (Å²) in [6.45, 7) is 3.79. The van der Waals surface area contributed by atoms with Crippen molar-refractivity contribution < 1.29 is 4.79 Å². The lowest BCUT2D eigenvalue weighted by molar-refractivity contribution is -0.129. The number of amides is 1. The lowest BCUT2D eigenvalue weighted by atomic mass is 10.3. The highest BCUT2D eigenvalue weighted by Gasteiger charge is 2.16. The maximum Gasteiger partial charge on any atom is 0.244 e. The van der Waals surface area contributed by atoms with E-state index in [0.29, 0.717) is 5.95 Å². The van der Waals surface area contributed by atoms with Crippen molar-refractivity contribution in [2.75, 3.05) is 19.4 Å². The summed E-state index contributed by atoms with van der Waals surface area (Å²) in [5.74, 6) is 0.452. The first-order chi connectivity index (χ1) is 8.47. The molecule has 0 radical (unpaired) electrons. The quantitative estimate of drug-likeness (QED) is 0.876. The minimum atomic E-state index is -0.349. The van der Waals surface area contributed by atoms with E-state index in [-0.39, 0.29) is 11.9 Å². The number of nitrogens with one attached hydrogen (secondary N) is 1. The Kier molecular flexibility index (Phi) is 3.18. The zero-order chi connectivity index (χ0) is 13.3. The van der Waals surface area contributed by atoms with Crippen molar-refractivity contribution in [3.8, 4) is 0 Å². The molecule has 0 saturated carbocycles. The zero-order valence-corrected chi connectivity index (χ0v) is 11.0. The van der Waals surface area contributed by atoms with Gasteiger partial charge in [0.1, 0.15) is 6.04 Å². The van der Waals surface area contributed by atoms with Crippen molar-refractivity contribution >= 4 is 17.5 Å². The molecule has 0 saturated heterocycles. The van der Waals surface area contributed by atoms with Crippen LogP contribution in [0.25, 0.3) is 5.65 Å². The predicted octanol–water partition coefficient (Wildman–Crippen LogP) is 0.926. The van der Waals surface area contributed by atoms with E-state index in [1.165, 1.54) is 4.90 Å². The van der Waals surface area contributed by atoms with Crippen molar-refractivity contribution in [3.63, 3.8) is 0 Å². The number of pyridine rings is 1. The van der Waals surface area contributed by atoms with Crippen molar-refractivity contribution in [3.05, 3.63) is 23.9 Å². The van der Waals surface area contributed by atoms with Gasteiger partial charge in [-0.25, -0.2) is 4.52 Å². The summed E-state index contributed by atoms with van der Waals surface area (Å²) in [7, 11) is 3.45. The van der Waals surface area contributed by atoms with E-state index in [1.807, 2.05) is 25.3 Å². The van der Waals surface area contributed by atoms with Gasteiger partial charge in [0.25, 0.3) is 0 Å². The number of aromatic nitrogens is 3. The number of likely N-dealkylation sites (N-methyl/N-ethyl adjacent to an activating group) is 1. The van der Waals surface area contributed by atoms with E-state index >= 15 is 0 Å². The second kappa shape index (κ2) is 4.64. The highest BCUT2D eigenvalue weighted by atomic mass is 16.2. The first kappa shape index (κ1) is 12.3. The van der Waals surface area contributed by atoms with Crippen molar-refractivity contribution in [1.82, 2.24) is 19.5 Å². The molecule has 0 bridgehead atoms. The molecule has 0 aromatic carbocycles. The summed E-state index contributed by atoms with van der Waals surface area (Å²) < 4.78 is 1.68. The van der Waals surface area contributed by atoms with E-state index in [9.17, 15) is 4.79 Å². The van der Waals surface area contributed by atoms with Crippen LogP contribution >= 0.6 is 0 Å². The Morgan fingerprint density at radius 3 is 2.89 bits per heavy atom. The predicted molar refractivity (Wildman–Crippen MR) is 69.5 cm³/mol. The third-order valence-corrected chi connectivity index (χ3v) is 2.65. The lowest BCUT2D eigenvalue weighted by Crippen LogP contribution is -2.36. The lowest BCUT2D eigenvalue weighted by Gasteiger charge is -2.16. The number of nitrogens with zero attached hydrogens (tertiary/aromatic N) is 4. The molecule has 2 aromatic heterocycles. The monoisotopic (exact) mass is 247 g/mol. The number of aryl methyl sites for hydroxylation is 1. The summed E-state index contributed by atoms with van der Waals surface area (Å²) in [5, 5.41) is 7.26. The topological polar surface area (TPSA) is 62.5 Å². The molecule has 1 atom stereocenters. The van der Waals surface area contributed by atoms with E-state index in [2.05, 4.69) is 15.4 Å². The number of anilines is 1. The van der Waals surface area contributed by atoms with Gasteiger partial charge in [0.05, 0.1) is 0 Å². The fraction of sp³-hybridized carbons (Fsp3) is 0.417. The molecule has 2 rings (SSSR count). The van der Waals surface area contributed by atoms with Gasteiger partial charge in [-0.1, -0.05) is 0 Å². The molecule has 96 valence electrons. The van der Waals surface area contributed by atoms with E-state index < -0.39 is 0 Å². The second-order valence-electron chi connectivity index (χ2n) is 4.54. The van der Waals surface area contributed by atoms with Crippen LogP contribution in [-0.2, 0) is 4.79 Å². The van der Waals surface area contributed by atoms with Crippen LogP contribution in [0.15, 0.2) is 18.3 Å². The number of fused-ring (bicyclic) bond motifs is 1. The highest BCUT2D eigenvalue weighted by molar-refractivity contribution is 5.83. The largest absolute Gasteiger partial charge is 0.347 e. The van der Waals surface area contributed by atoms with Crippen LogP contribution in [0.2, 0.25) is 0 Å². The molecular weight excluding hydrogens is 230 g/mol. The number of carbonyl (C=O) groups excluding carboxylic acids is 1. The van der Waals surface area contributed by atoms with Gasteiger partial charge in [-0.15, -0.1) is 5.10 Å². The summed E-state index contributed by atoms with van der Waals surface area (Å²) in [6.07, 6.45) is 1.85. The summed E-state index contributed by atoms with van der Waals surface area (Å²) in [6, 6.07) is 3.55. The Hall–Kier alpha value is -2.11. The number of carbonyl (C=O) groups is 1. The standard InChI is InChI=1S/C12H17N5O/c1-8-5-6-17-10(7-8)14-12(15-17)13-9(2)11(18)16(3)4/h5-7,9H,1-4H3,(H,13,15). The first-order valence-electron chi connectivity index (χ1n) is 5.78. The van der Waals surface area contributed by atoms with Crippen LogP contribution < -0.4 is 5.32 Å². The van der Waals surface area contributed by atoms with Gasteiger partial charge in [-0.05, 0) is 31.5 Å². The molecule has 0 fully saturated rings. The summed E-state index contributed by atoms with van der Waals surface area (Å²) >= 11 is 0. The molecule has 1 N–H and O–H groups in total. The average molecular weight is 247 g/mol. The fourth-order valence-electron chi connectivity index (χ4n) is 1.69. The normalized spacial score (nSPS) is 12.4. The Morgan fingerprint density at radius 1 is 1.50 bits per heavy atom. The van der Waals surface area contributed by atoms with E-state index in [1.54, 1.807) is 25.5 Å². The maximum absolute atomic E-state index is 11.7. The van der Waals surface area contributed by atoms with E-state index in [0.717, 1.165) is 11.2 Å². The second-order valence-corrected chi connectivity index (χ2v) is 4.54. The van der Waals surface area contributed by atoms with Crippen molar-refractivity contribution in [2.45, 2.75) is 19.9 Å². The van der Waals surface area contributed by atoms with Crippen LogP contribution in [0.4, 0.5) is 5.95 Å². The number of rotatable bonds is 3. The van der Waals surface area contributed by atoms with Gasteiger partial charge in [-0.3, -0.25) is 4.79 Å². The third-order valence-electron chi connectivity index (χ3n) is 2.65. The molecule has 1 amide bonds. The molecular formula is C12H17N5O. The van der Waals surface area contributed by atoms with Crippen molar-refractivity contribution in [2.24, 2.45) is 0 Å². The van der Waals surface area contributed by atoms with Crippen LogP contribution in [0.1, 0.15) is 12.5 Å². The Labute approximate surface area is 106 Å². The molecule has 0 spiro atoms. The zero-order valence-electron chi connectivity index (χ0n) is 11.0. The Morgan fingerprint density at radius 2 is 2.22 bits per heavy atom. The molecule has 0 aliphatic carbocycles. The van der Waals surface area contributed by atoms with Gasteiger partial charge < -0.3 is 10.2 Å². The fourth-order valence-corrected chi connectivity index (χ4v) is 1.69. The molecule has 1 unspecified atom stereocenters. The van der Waals surface area contributed by atoms with Gasteiger partial charge in [0.15, 0.2) is 5.65 Å². The first-order valence-corrected chi connectivity index (χ1v) is 5.78. The molecule has 6 heteroatoms. The molecule has 2 aromatic rings. The smallest absolute Gasteiger partial charge is 0.244 e. The van der Waals surface area contributed by atoms with E-state index in [4.69, 9.17) is 0 Å². The minimum absolute atomic E-state index is 0.00923. The molecule has 0 aliphatic rings. The van der Waals surface area contributed by atoms with Crippen LogP contribution in [-0.4, -0.2) is 45.5 Å². The highest BCUT2D eigenvalue weighted by Crippen LogP contribution is 2.08. The van der Waals surface area contributed by atoms with Gasteiger partial charge in [0, 0.05) is 20.3 Å². The SMILES string of the molecule is Cc1ccn2nc(NC(C)C(=O)N(C)C)nc2c1. The van der Waals surface area contributed by atoms with Crippen LogP contribution in [0.5, 0.6) is 0 Å². The van der Waals surface area contributed by atoms with Gasteiger partial charge in [0.2, 0.25) is 11.9 Å². The Bertz CT molecular complexity index is 575. The third kappa shape index (κ3) is 2.42. The average Bonchev–Trinajstić information content (AvgIpc) is 2.68. The van der Waals surface area contributed by atoms with Crippen LogP contribution in [0, 0.1) is 6.92 Å². The maximum atomic E-state index is 11.7. The summed E-state index contributed by atoms with van der Waals surface area (Å²) in [5.41, 5.74) is 1.89. The number of hydrogen-bond donors (Lipinski definition) is 1. The molecule has 18 heavy (non-hydrogen) atoms. The molecule has 0 aliphatic heterocycles. The van der Waals surface area contributed by atoms with Gasteiger partial charge in [-0.2, -0.15) is 4.98 Å². The van der Waals surface area contributed by atoms with Gasteiger partial charge >= 0.3 is 0 Å². The molecule has 2 heterocycles. The van der Waals surface area contributed by atoms with Crippen molar-refractivity contribution in [1.29, 1.82) is 0 Å². The molecule has 6 nitrogen and oxygen atoms in total. The summed E-state index contributed by atoms with van der Waals surface area (Å²) in [4.78, 5) is 17.6. The Balaban J connectivity index is 2.19. The van der Waals surface area contributed by atoms with Crippen LogP contribution in [0.3, 0.4) is 0 Å². The minimum Gasteiger partial charge on any atom is -0.347 e.